The molecular formula is C24H36N6O8. The molecule has 0 fully saturated rings. The summed E-state index contributed by atoms with van der Waals surface area (Å²) in [4.78, 5) is 72.5. The van der Waals surface area contributed by atoms with Crippen molar-refractivity contribution in [3.05, 3.63) is 29.8 Å². The van der Waals surface area contributed by atoms with E-state index < -0.39 is 66.1 Å². The molecule has 14 nitrogen and oxygen atoms in total. The van der Waals surface area contributed by atoms with Gasteiger partial charge in [0.2, 0.25) is 29.5 Å². The van der Waals surface area contributed by atoms with Gasteiger partial charge in [0.1, 0.15) is 23.9 Å². The minimum absolute atomic E-state index is 0.0410. The first kappa shape index (κ1) is 31.8. The van der Waals surface area contributed by atoms with E-state index in [4.69, 9.17) is 17.2 Å². The zero-order valence-corrected chi connectivity index (χ0v) is 21.3. The first-order valence-electron chi connectivity index (χ1n) is 11.9. The maximum atomic E-state index is 13.1. The smallest absolute Gasteiger partial charge is 0.326 e. The number of carbonyl (C=O) groups excluding carboxylic acids is 5. The van der Waals surface area contributed by atoms with Gasteiger partial charge in [-0.2, -0.15) is 0 Å². The van der Waals surface area contributed by atoms with Crippen LogP contribution in [0.15, 0.2) is 24.3 Å². The molecule has 0 heterocycles. The number of amides is 5. The van der Waals surface area contributed by atoms with Crippen LogP contribution in [0.2, 0.25) is 0 Å². The number of aromatic hydroxyl groups is 1. The zero-order valence-electron chi connectivity index (χ0n) is 21.3. The topological polar surface area (TPSA) is 257 Å². The van der Waals surface area contributed by atoms with Crippen molar-refractivity contribution in [1.82, 2.24) is 16.0 Å². The molecule has 11 N–H and O–H groups in total. The highest BCUT2D eigenvalue weighted by Crippen LogP contribution is 2.12. The lowest BCUT2D eigenvalue weighted by atomic mass is 10.0. The largest absolute Gasteiger partial charge is 0.508 e. The molecule has 0 aromatic heterocycles. The molecule has 4 unspecified atom stereocenters. The van der Waals surface area contributed by atoms with Crippen molar-refractivity contribution in [2.45, 2.75) is 70.1 Å². The number of primary amides is 2. The van der Waals surface area contributed by atoms with E-state index in [2.05, 4.69) is 16.0 Å². The summed E-state index contributed by atoms with van der Waals surface area (Å²) in [5.41, 5.74) is 16.9. The van der Waals surface area contributed by atoms with Gasteiger partial charge in [-0.25, -0.2) is 4.79 Å². The normalized spacial score (nSPS) is 14.0. The Morgan fingerprint density at radius 1 is 0.816 bits per heavy atom. The molecule has 0 aliphatic heterocycles. The highest BCUT2D eigenvalue weighted by Gasteiger charge is 2.31. The Kier molecular flexibility index (Phi) is 12.7. The number of carboxylic acids is 1. The molecule has 0 saturated heterocycles. The van der Waals surface area contributed by atoms with E-state index in [0.717, 1.165) is 0 Å². The lowest BCUT2D eigenvalue weighted by Crippen LogP contribution is -2.57. The molecular weight excluding hydrogens is 500 g/mol. The number of phenols is 1. The lowest BCUT2D eigenvalue weighted by Gasteiger charge is -2.26. The molecule has 0 aliphatic carbocycles. The average molecular weight is 537 g/mol. The first-order valence-corrected chi connectivity index (χ1v) is 11.9. The summed E-state index contributed by atoms with van der Waals surface area (Å²) in [5, 5.41) is 25.8. The van der Waals surface area contributed by atoms with Crippen LogP contribution in [0.25, 0.3) is 0 Å². The number of aliphatic carboxylic acids is 1. The Hall–Kier alpha value is -4.20. The van der Waals surface area contributed by atoms with Crippen LogP contribution in [0, 0.1) is 5.92 Å². The van der Waals surface area contributed by atoms with Gasteiger partial charge in [-0.15, -0.1) is 0 Å². The maximum Gasteiger partial charge on any atom is 0.326 e. The third kappa shape index (κ3) is 11.7. The number of benzene rings is 1. The average Bonchev–Trinajstić information content (AvgIpc) is 2.81. The second kappa shape index (κ2) is 15.1. The van der Waals surface area contributed by atoms with Crippen molar-refractivity contribution in [3.63, 3.8) is 0 Å². The van der Waals surface area contributed by atoms with E-state index in [1.165, 1.54) is 12.1 Å². The van der Waals surface area contributed by atoms with Crippen LogP contribution >= 0.6 is 0 Å². The molecule has 0 saturated carbocycles. The van der Waals surface area contributed by atoms with E-state index in [0.29, 0.717) is 5.56 Å². The highest BCUT2D eigenvalue weighted by atomic mass is 16.4. The standard InChI is InChI=1S/C24H36N6O8/c1-12(2)9-17(23(36)30-18(24(37)38)11-20(27)33)29-22(35)16(7-8-19(26)32)28-21(34)15(25)10-13-3-5-14(31)6-4-13/h3-6,12,15-18,31H,7-11,25H2,1-2H3,(H2,26,32)(H2,27,33)(H,28,34)(H,29,35)(H,30,36)(H,37,38). The predicted octanol–water partition coefficient (Wildman–Crippen LogP) is -2.01. The molecule has 38 heavy (non-hydrogen) atoms. The Bertz CT molecular complexity index is 1010. The minimum atomic E-state index is -1.60. The highest BCUT2D eigenvalue weighted by molar-refractivity contribution is 5.95. The number of carboxylic acid groups (broad SMARTS) is 1. The summed E-state index contributed by atoms with van der Waals surface area (Å²) < 4.78 is 0. The van der Waals surface area contributed by atoms with E-state index >= 15 is 0 Å². The van der Waals surface area contributed by atoms with Crippen LogP contribution in [-0.2, 0) is 35.2 Å². The molecule has 210 valence electrons. The molecule has 14 heteroatoms. The molecule has 0 radical (unpaired) electrons. The Balaban J connectivity index is 3.01. The third-order valence-electron chi connectivity index (χ3n) is 5.40. The monoisotopic (exact) mass is 536 g/mol. The van der Waals surface area contributed by atoms with Crippen LogP contribution in [0.1, 0.15) is 45.1 Å². The molecule has 1 aromatic rings. The Morgan fingerprint density at radius 3 is 1.84 bits per heavy atom. The minimum Gasteiger partial charge on any atom is -0.508 e. The molecule has 0 spiro atoms. The maximum absolute atomic E-state index is 13.1. The number of nitrogens with one attached hydrogen (secondary N) is 3. The SMILES string of the molecule is CC(C)CC(NC(=O)C(CCC(N)=O)NC(=O)C(N)Cc1ccc(O)cc1)C(=O)NC(CC(N)=O)C(=O)O. The van der Waals surface area contributed by atoms with Gasteiger partial charge in [0.05, 0.1) is 12.5 Å². The number of phenolic OH excluding ortho intramolecular Hbond substituents is 1. The van der Waals surface area contributed by atoms with Gasteiger partial charge in [-0.05, 0) is 42.9 Å². The Labute approximate surface area is 219 Å². The van der Waals surface area contributed by atoms with Gasteiger partial charge in [-0.3, -0.25) is 24.0 Å². The van der Waals surface area contributed by atoms with Crippen molar-refractivity contribution < 1.29 is 39.0 Å². The molecule has 0 bridgehead atoms. The van der Waals surface area contributed by atoms with Gasteiger partial charge < -0.3 is 43.4 Å². The quantitative estimate of drug-likeness (QED) is 0.116. The van der Waals surface area contributed by atoms with Crippen molar-refractivity contribution in [2.24, 2.45) is 23.1 Å². The van der Waals surface area contributed by atoms with E-state index in [1.54, 1.807) is 26.0 Å². The third-order valence-corrected chi connectivity index (χ3v) is 5.40. The van der Waals surface area contributed by atoms with Gasteiger partial charge in [-0.1, -0.05) is 26.0 Å². The summed E-state index contributed by atoms with van der Waals surface area (Å²) in [6.07, 6.45) is -0.914. The van der Waals surface area contributed by atoms with Crippen molar-refractivity contribution in [3.8, 4) is 5.75 Å². The molecule has 1 aromatic carbocycles. The van der Waals surface area contributed by atoms with Crippen molar-refractivity contribution in [2.75, 3.05) is 0 Å². The molecule has 5 amide bonds. The van der Waals surface area contributed by atoms with Crippen LogP contribution in [0.3, 0.4) is 0 Å². The number of hydrogen-bond acceptors (Lipinski definition) is 8. The van der Waals surface area contributed by atoms with Gasteiger partial charge in [0, 0.05) is 6.42 Å². The van der Waals surface area contributed by atoms with Gasteiger partial charge >= 0.3 is 5.97 Å². The summed E-state index contributed by atoms with van der Waals surface area (Å²) in [7, 11) is 0. The fraction of sp³-hybridized carbons (Fsp3) is 0.500. The number of hydrogen-bond donors (Lipinski definition) is 8. The second-order valence-corrected chi connectivity index (χ2v) is 9.30. The van der Waals surface area contributed by atoms with Crippen molar-refractivity contribution >= 4 is 35.5 Å². The predicted molar refractivity (Wildman–Crippen MR) is 135 cm³/mol. The molecule has 0 aliphatic rings. The van der Waals surface area contributed by atoms with E-state index in [9.17, 15) is 39.0 Å². The Morgan fingerprint density at radius 2 is 1.34 bits per heavy atom. The second-order valence-electron chi connectivity index (χ2n) is 9.30. The summed E-state index contributed by atoms with van der Waals surface area (Å²) in [6.45, 7) is 3.53. The van der Waals surface area contributed by atoms with Crippen LogP contribution in [-0.4, -0.2) is 69.9 Å². The summed E-state index contributed by atoms with van der Waals surface area (Å²) >= 11 is 0. The number of carbonyl (C=O) groups is 6. The fourth-order valence-electron chi connectivity index (χ4n) is 3.46. The molecule has 1 rings (SSSR count). The zero-order chi connectivity index (χ0) is 29.0. The van der Waals surface area contributed by atoms with Gasteiger partial charge in [0.25, 0.3) is 0 Å². The number of rotatable bonds is 16. The van der Waals surface area contributed by atoms with Crippen molar-refractivity contribution in [1.29, 1.82) is 0 Å². The molecule has 4 atom stereocenters. The van der Waals surface area contributed by atoms with Crippen LogP contribution in [0.5, 0.6) is 5.75 Å². The fourth-order valence-corrected chi connectivity index (χ4v) is 3.46. The van der Waals surface area contributed by atoms with Crippen LogP contribution in [0.4, 0.5) is 0 Å². The van der Waals surface area contributed by atoms with E-state index in [1.807, 2.05) is 0 Å². The van der Waals surface area contributed by atoms with Crippen LogP contribution < -0.4 is 33.2 Å². The summed E-state index contributed by atoms with van der Waals surface area (Å²) in [6, 6.07) is 0.829. The first-order chi connectivity index (χ1) is 17.7. The van der Waals surface area contributed by atoms with E-state index in [-0.39, 0.29) is 37.4 Å². The summed E-state index contributed by atoms with van der Waals surface area (Å²) in [5.74, 6) is -5.63. The lowest BCUT2D eigenvalue weighted by molar-refractivity contribution is -0.143. The van der Waals surface area contributed by atoms with Gasteiger partial charge in [0.15, 0.2) is 0 Å². The number of nitrogens with two attached hydrogens (primary N) is 3.